The molecule has 1 atom stereocenters. The highest BCUT2D eigenvalue weighted by atomic mass is 16.5. The van der Waals surface area contributed by atoms with E-state index in [1.54, 1.807) is 38.5 Å². The molecule has 1 aliphatic rings. The summed E-state index contributed by atoms with van der Waals surface area (Å²) in [5.41, 5.74) is 0.808. The van der Waals surface area contributed by atoms with Crippen LogP contribution in [0.25, 0.3) is 0 Å². The number of fused-ring (bicyclic) bond motifs is 1. The zero-order valence-electron chi connectivity index (χ0n) is 16.5. The molecule has 7 heteroatoms. The molecule has 0 radical (unpaired) electrons. The standard InChI is InChI=1S/C21H25NO6/c1-25-15-6-5-7-16(26-2)19(15)20(23)22-12-21(24)9-8-13-10-17(27-3)18(28-4)11-14(13)21/h5-7,10-11,24H,8-9,12H2,1-4H3,(H,22,23). The maximum absolute atomic E-state index is 12.8. The smallest absolute Gasteiger partial charge is 0.258 e. The minimum atomic E-state index is -1.19. The molecule has 1 amide bonds. The first-order valence-corrected chi connectivity index (χ1v) is 8.94. The molecule has 2 N–H and O–H groups in total. The van der Waals surface area contributed by atoms with E-state index in [9.17, 15) is 9.90 Å². The third-order valence-electron chi connectivity index (χ3n) is 5.11. The van der Waals surface area contributed by atoms with Crippen LogP contribution in [0.2, 0.25) is 0 Å². The molecule has 0 saturated carbocycles. The molecule has 0 aliphatic heterocycles. The van der Waals surface area contributed by atoms with Gasteiger partial charge in [0.2, 0.25) is 0 Å². The van der Waals surface area contributed by atoms with Gasteiger partial charge in [0, 0.05) is 0 Å². The third kappa shape index (κ3) is 3.45. The van der Waals surface area contributed by atoms with Crippen LogP contribution in [0.4, 0.5) is 0 Å². The van der Waals surface area contributed by atoms with Crippen molar-refractivity contribution in [2.24, 2.45) is 0 Å². The van der Waals surface area contributed by atoms with Crippen LogP contribution < -0.4 is 24.3 Å². The predicted molar refractivity (Wildman–Crippen MR) is 104 cm³/mol. The second-order valence-electron chi connectivity index (χ2n) is 6.62. The molecule has 2 aromatic carbocycles. The minimum absolute atomic E-state index is 0.0511. The summed E-state index contributed by atoms with van der Waals surface area (Å²) >= 11 is 0. The Balaban J connectivity index is 1.84. The highest BCUT2D eigenvalue weighted by Gasteiger charge is 2.38. The Morgan fingerprint density at radius 2 is 1.57 bits per heavy atom. The van der Waals surface area contributed by atoms with Crippen molar-refractivity contribution in [3.8, 4) is 23.0 Å². The number of carbonyl (C=O) groups is 1. The van der Waals surface area contributed by atoms with Crippen molar-refractivity contribution in [2.75, 3.05) is 35.0 Å². The van der Waals surface area contributed by atoms with Crippen LogP contribution in [0.3, 0.4) is 0 Å². The fourth-order valence-corrected chi connectivity index (χ4v) is 3.61. The van der Waals surface area contributed by atoms with Crippen molar-refractivity contribution in [1.82, 2.24) is 5.32 Å². The van der Waals surface area contributed by atoms with Crippen molar-refractivity contribution in [3.63, 3.8) is 0 Å². The van der Waals surface area contributed by atoms with E-state index >= 15 is 0 Å². The van der Waals surface area contributed by atoms with Gasteiger partial charge in [0.05, 0.1) is 35.0 Å². The summed E-state index contributed by atoms with van der Waals surface area (Å²) in [6.07, 6.45) is 1.17. The average Bonchev–Trinajstić information content (AvgIpc) is 3.06. The Labute approximate surface area is 164 Å². The van der Waals surface area contributed by atoms with Gasteiger partial charge in [-0.3, -0.25) is 4.79 Å². The van der Waals surface area contributed by atoms with Gasteiger partial charge in [-0.15, -0.1) is 0 Å². The lowest BCUT2D eigenvalue weighted by Gasteiger charge is -2.25. The second kappa shape index (κ2) is 7.98. The van der Waals surface area contributed by atoms with E-state index in [1.807, 2.05) is 6.07 Å². The van der Waals surface area contributed by atoms with E-state index in [-0.39, 0.29) is 12.5 Å². The zero-order valence-corrected chi connectivity index (χ0v) is 16.5. The SMILES string of the molecule is COc1cc2c(cc1OC)C(O)(CNC(=O)c1c(OC)cccc1OC)CC2. The third-order valence-corrected chi connectivity index (χ3v) is 5.11. The van der Waals surface area contributed by atoms with Gasteiger partial charge in [-0.25, -0.2) is 0 Å². The summed E-state index contributed by atoms with van der Waals surface area (Å²) < 4.78 is 21.3. The molecule has 0 heterocycles. The molecule has 0 fully saturated rings. The average molecular weight is 387 g/mol. The van der Waals surface area contributed by atoms with E-state index in [0.717, 1.165) is 11.1 Å². The van der Waals surface area contributed by atoms with Crippen LogP contribution in [0.5, 0.6) is 23.0 Å². The number of amides is 1. The van der Waals surface area contributed by atoms with Crippen LogP contribution in [-0.2, 0) is 12.0 Å². The van der Waals surface area contributed by atoms with Crippen LogP contribution in [0.15, 0.2) is 30.3 Å². The fraction of sp³-hybridized carbons (Fsp3) is 0.381. The molecule has 28 heavy (non-hydrogen) atoms. The van der Waals surface area contributed by atoms with Gasteiger partial charge in [-0.2, -0.15) is 0 Å². The normalized spacial score (nSPS) is 17.6. The van der Waals surface area contributed by atoms with E-state index in [0.29, 0.717) is 41.4 Å². The van der Waals surface area contributed by atoms with Gasteiger partial charge in [0.15, 0.2) is 11.5 Å². The van der Waals surface area contributed by atoms with Crippen molar-refractivity contribution in [1.29, 1.82) is 0 Å². The molecule has 0 saturated heterocycles. The summed E-state index contributed by atoms with van der Waals surface area (Å²) in [4.78, 5) is 12.8. The maximum atomic E-state index is 12.8. The second-order valence-corrected chi connectivity index (χ2v) is 6.62. The Hall–Kier alpha value is -2.93. The van der Waals surface area contributed by atoms with Gasteiger partial charge in [0.1, 0.15) is 22.7 Å². The lowest BCUT2D eigenvalue weighted by molar-refractivity contribution is 0.0367. The van der Waals surface area contributed by atoms with Crippen molar-refractivity contribution >= 4 is 5.91 Å². The molecule has 3 rings (SSSR count). The van der Waals surface area contributed by atoms with Gasteiger partial charge in [0.25, 0.3) is 5.91 Å². The number of hydrogen-bond acceptors (Lipinski definition) is 6. The first-order chi connectivity index (χ1) is 13.5. The fourth-order valence-electron chi connectivity index (χ4n) is 3.61. The molecule has 150 valence electrons. The van der Waals surface area contributed by atoms with E-state index < -0.39 is 5.60 Å². The number of hydrogen-bond donors (Lipinski definition) is 2. The summed E-state index contributed by atoms with van der Waals surface area (Å²) in [6, 6.07) is 8.77. The Morgan fingerprint density at radius 3 is 2.14 bits per heavy atom. The van der Waals surface area contributed by atoms with E-state index in [4.69, 9.17) is 18.9 Å². The van der Waals surface area contributed by atoms with E-state index in [1.165, 1.54) is 14.2 Å². The summed E-state index contributed by atoms with van der Waals surface area (Å²) in [5, 5.41) is 14.0. The first kappa shape index (κ1) is 19.8. The molecule has 0 aromatic heterocycles. The number of benzene rings is 2. The molecule has 1 aliphatic carbocycles. The Bertz CT molecular complexity index is 859. The molecular weight excluding hydrogens is 362 g/mol. The number of methoxy groups -OCH3 is 4. The highest BCUT2D eigenvalue weighted by Crippen LogP contribution is 2.42. The summed E-state index contributed by atoms with van der Waals surface area (Å²) in [7, 11) is 6.11. The summed E-state index contributed by atoms with van der Waals surface area (Å²) in [6.45, 7) is 0.0511. The number of ether oxygens (including phenoxy) is 4. The van der Waals surface area contributed by atoms with Crippen molar-refractivity contribution < 1.29 is 28.8 Å². The van der Waals surface area contributed by atoms with Crippen LogP contribution in [-0.4, -0.2) is 46.0 Å². The molecule has 7 nitrogen and oxygen atoms in total. The Kier molecular flexibility index (Phi) is 5.65. The topological polar surface area (TPSA) is 86.2 Å². The number of carbonyl (C=O) groups excluding carboxylic acids is 1. The van der Waals surface area contributed by atoms with E-state index in [2.05, 4.69) is 5.32 Å². The lowest BCUT2D eigenvalue weighted by Crippen LogP contribution is -2.39. The zero-order chi connectivity index (χ0) is 20.3. The molecule has 2 aromatic rings. The van der Waals surface area contributed by atoms with Crippen LogP contribution in [0, 0.1) is 0 Å². The monoisotopic (exact) mass is 387 g/mol. The molecule has 0 spiro atoms. The predicted octanol–water partition coefficient (Wildman–Crippen LogP) is 2.28. The number of aliphatic hydroxyl groups is 1. The quantitative estimate of drug-likeness (QED) is 0.758. The maximum Gasteiger partial charge on any atom is 0.258 e. The van der Waals surface area contributed by atoms with Gasteiger partial charge < -0.3 is 29.4 Å². The van der Waals surface area contributed by atoms with Crippen LogP contribution in [0.1, 0.15) is 27.9 Å². The van der Waals surface area contributed by atoms with Gasteiger partial charge in [-0.1, -0.05) is 6.07 Å². The highest BCUT2D eigenvalue weighted by molar-refractivity contribution is 5.99. The molecular formula is C21H25NO6. The molecule has 0 bridgehead atoms. The van der Waals surface area contributed by atoms with Crippen LogP contribution >= 0.6 is 0 Å². The lowest BCUT2D eigenvalue weighted by atomic mass is 9.95. The number of nitrogens with one attached hydrogen (secondary N) is 1. The number of rotatable bonds is 7. The Morgan fingerprint density at radius 1 is 1.00 bits per heavy atom. The van der Waals surface area contributed by atoms with Crippen molar-refractivity contribution in [2.45, 2.75) is 18.4 Å². The summed E-state index contributed by atoms with van der Waals surface area (Å²) in [5.74, 6) is 1.59. The van der Waals surface area contributed by atoms with Crippen molar-refractivity contribution in [3.05, 3.63) is 47.0 Å². The number of aryl methyl sites for hydroxylation is 1. The first-order valence-electron chi connectivity index (χ1n) is 8.94. The largest absolute Gasteiger partial charge is 0.496 e. The molecule has 1 unspecified atom stereocenters. The van der Waals surface area contributed by atoms with Gasteiger partial charge >= 0.3 is 0 Å². The van der Waals surface area contributed by atoms with Gasteiger partial charge in [-0.05, 0) is 48.2 Å². The minimum Gasteiger partial charge on any atom is -0.496 e.